The maximum atomic E-state index is 12.7. The number of likely N-dealkylation sites (tertiary alicyclic amines) is 1. The Morgan fingerprint density at radius 3 is 2.39 bits per heavy atom. The molecule has 1 aromatic rings. The van der Waals surface area contributed by atoms with Crippen molar-refractivity contribution in [2.75, 3.05) is 39.1 Å². The van der Waals surface area contributed by atoms with Gasteiger partial charge in [-0.15, -0.1) is 0 Å². The Labute approximate surface area is 184 Å². The first-order chi connectivity index (χ1) is 14.9. The Morgan fingerprint density at radius 2 is 1.81 bits per heavy atom. The van der Waals surface area contributed by atoms with E-state index in [-0.39, 0.29) is 35.5 Å². The van der Waals surface area contributed by atoms with E-state index < -0.39 is 0 Å². The smallest absolute Gasteiger partial charge is 0.233 e. The van der Waals surface area contributed by atoms with E-state index in [1.54, 1.807) is 7.05 Å². The minimum Gasteiger partial charge on any atom is -0.378 e. The molecule has 1 saturated carbocycles. The predicted molar refractivity (Wildman–Crippen MR) is 123 cm³/mol. The fourth-order valence-electron chi connectivity index (χ4n) is 5.18. The van der Waals surface area contributed by atoms with Gasteiger partial charge in [-0.25, -0.2) is 0 Å². The Hall–Kier alpha value is -2.83. The Kier molecular flexibility index (Phi) is 6.03. The van der Waals surface area contributed by atoms with Crippen LogP contribution in [0.1, 0.15) is 24.0 Å². The van der Waals surface area contributed by atoms with E-state index >= 15 is 0 Å². The highest BCUT2D eigenvalue weighted by Crippen LogP contribution is 2.52. The molecular weight excluding hydrogens is 390 g/mol. The third-order valence-corrected chi connectivity index (χ3v) is 6.93. The quantitative estimate of drug-likeness (QED) is 0.230. The number of fused-ring (bicyclic) bond motifs is 5. The van der Waals surface area contributed by atoms with Crippen molar-refractivity contribution < 1.29 is 9.59 Å². The summed E-state index contributed by atoms with van der Waals surface area (Å²) in [7, 11) is 5.82. The monoisotopic (exact) mass is 423 g/mol. The van der Waals surface area contributed by atoms with Crippen LogP contribution < -0.4 is 15.5 Å². The molecule has 7 nitrogen and oxygen atoms in total. The summed E-state index contributed by atoms with van der Waals surface area (Å²) in [5.41, 5.74) is 3.63. The fourth-order valence-corrected chi connectivity index (χ4v) is 5.18. The van der Waals surface area contributed by atoms with Crippen LogP contribution in [0.4, 0.5) is 5.69 Å². The number of nitrogens with one attached hydrogen (secondary N) is 2. The average molecular weight is 424 g/mol. The second kappa shape index (κ2) is 8.73. The van der Waals surface area contributed by atoms with Gasteiger partial charge in [0.25, 0.3) is 0 Å². The van der Waals surface area contributed by atoms with Gasteiger partial charge in [0.2, 0.25) is 11.8 Å². The van der Waals surface area contributed by atoms with Crippen molar-refractivity contribution in [2.24, 2.45) is 28.7 Å². The van der Waals surface area contributed by atoms with Gasteiger partial charge in [0.15, 0.2) is 5.96 Å². The molecule has 4 unspecified atom stereocenters. The zero-order valence-electron chi connectivity index (χ0n) is 18.9. The van der Waals surface area contributed by atoms with Gasteiger partial charge in [-0.3, -0.25) is 19.5 Å². The van der Waals surface area contributed by atoms with Crippen LogP contribution in [0.5, 0.6) is 0 Å². The Morgan fingerprint density at radius 1 is 1.13 bits per heavy atom. The molecule has 2 amide bonds. The average Bonchev–Trinajstić information content (AvgIpc) is 3.43. The molecule has 1 aromatic carbocycles. The predicted octanol–water partition coefficient (Wildman–Crippen LogP) is 1.92. The number of anilines is 1. The number of carbonyl (C=O) groups excluding carboxylic acids is 2. The van der Waals surface area contributed by atoms with E-state index in [1.165, 1.54) is 21.7 Å². The van der Waals surface area contributed by atoms with E-state index in [9.17, 15) is 9.59 Å². The van der Waals surface area contributed by atoms with Gasteiger partial charge < -0.3 is 15.5 Å². The van der Waals surface area contributed by atoms with Gasteiger partial charge >= 0.3 is 0 Å². The molecule has 2 bridgehead atoms. The Bertz CT molecular complexity index is 893. The molecule has 4 rings (SSSR count). The maximum absolute atomic E-state index is 12.7. The van der Waals surface area contributed by atoms with Crippen molar-refractivity contribution in [3.8, 4) is 0 Å². The number of aryl methyl sites for hydroxylation is 1. The van der Waals surface area contributed by atoms with Gasteiger partial charge in [0.05, 0.1) is 11.8 Å². The van der Waals surface area contributed by atoms with Crippen LogP contribution in [-0.4, -0.2) is 56.9 Å². The number of benzene rings is 1. The minimum absolute atomic E-state index is 0.0333. The van der Waals surface area contributed by atoms with Crippen LogP contribution in [0.3, 0.4) is 0 Å². The van der Waals surface area contributed by atoms with Crippen LogP contribution in [0.25, 0.3) is 0 Å². The molecule has 7 heteroatoms. The van der Waals surface area contributed by atoms with Gasteiger partial charge in [-0.1, -0.05) is 18.2 Å². The first-order valence-electron chi connectivity index (χ1n) is 11.2. The van der Waals surface area contributed by atoms with Crippen LogP contribution in [0.2, 0.25) is 0 Å². The maximum Gasteiger partial charge on any atom is 0.233 e. The SMILES string of the molecule is CN=C(NCCCN1C(=O)C2C3C=CC(C3)C2C1=O)NCc1ccc(N(C)C)cc1C. The molecular formula is C24H33N5O2. The second-order valence-electron chi connectivity index (χ2n) is 9.04. The van der Waals surface area contributed by atoms with Crippen LogP contribution in [0, 0.1) is 30.6 Å². The third-order valence-electron chi connectivity index (χ3n) is 6.93. The molecule has 31 heavy (non-hydrogen) atoms. The summed E-state index contributed by atoms with van der Waals surface area (Å²) < 4.78 is 0. The number of hydrogen-bond acceptors (Lipinski definition) is 4. The number of guanidine groups is 1. The van der Waals surface area contributed by atoms with Gasteiger partial charge in [-0.05, 0) is 54.9 Å². The van der Waals surface area contributed by atoms with E-state index in [0.717, 1.165) is 6.42 Å². The molecule has 4 atom stereocenters. The standard InChI is InChI=1S/C24H33N5O2/c1-15-12-19(28(3)4)9-8-18(15)14-27-24(25-2)26-10-5-11-29-22(30)20-16-6-7-17(13-16)21(20)23(29)31/h6-9,12,16-17,20-21H,5,10-11,13-14H2,1-4H3,(H2,25,26,27). The molecule has 0 radical (unpaired) electrons. The third kappa shape index (κ3) is 4.05. The summed E-state index contributed by atoms with van der Waals surface area (Å²) in [6.45, 7) is 3.91. The molecule has 2 fully saturated rings. The Balaban J connectivity index is 1.22. The highest BCUT2D eigenvalue weighted by atomic mass is 16.2. The van der Waals surface area contributed by atoms with E-state index in [2.05, 4.69) is 57.8 Å². The second-order valence-corrected chi connectivity index (χ2v) is 9.04. The van der Waals surface area contributed by atoms with E-state index in [4.69, 9.17) is 0 Å². The van der Waals surface area contributed by atoms with Crippen LogP contribution >= 0.6 is 0 Å². The number of hydrogen-bond donors (Lipinski definition) is 2. The lowest BCUT2D eigenvalue weighted by molar-refractivity contribution is -0.140. The first-order valence-corrected chi connectivity index (χ1v) is 11.2. The van der Waals surface area contributed by atoms with Crippen molar-refractivity contribution >= 4 is 23.5 Å². The normalized spacial score (nSPS) is 26.6. The number of aliphatic imine (C=N–C) groups is 1. The highest BCUT2D eigenvalue weighted by molar-refractivity contribution is 6.06. The lowest BCUT2D eigenvalue weighted by atomic mass is 9.85. The van der Waals surface area contributed by atoms with Crippen LogP contribution in [-0.2, 0) is 16.1 Å². The zero-order chi connectivity index (χ0) is 22.1. The fraction of sp³-hybridized carbons (Fsp3) is 0.542. The van der Waals surface area contributed by atoms with E-state index in [0.29, 0.717) is 32.0 Å². The van der Waals surface area contributed by atoms with Crippen molar-refractivity contribution in [3.05, 3.63) is 41.5 Å². The molecule has 3 aliphatic rings. The molecule has 1 heterocycles. The van der Waals surface area contributed by atoms with Crippen LogP contribution in [0.15, 0.2) is 35.3 Å². The lowest BCUT2D eigenvalue weighted by Crippen LogP contribution is -2.39. The number of imide groups is 1. The molecule has 1 aliphatic heterocycles. The van der Waals surface area contributed by atoms with E-state index in [1.807, 2.05) is 14.1 Å². The lowest BCUT2D eigenvalue weighted by Gasteiger charge is -2.18. The van der Waals surface area contributed by atoms with Crippen molar-refractivity contribution in [2.45, 2.75) is 26.3 Å². The summed E-state index contributed by atoms with van der Waals surface area (Å²) >= 11 is 0. The zero-order valence-corrected chi connectivity index (χ0v) is 18.9. The summed E-state index contributed by atoms with van der Waals surface area (Å²) in [6, 6.07) is 6.42. The minimum atomic E-state index is -0.105. The number of allylic oxidation sites excluding steroid dienone is 2. The van der Waals surface area contributed by atoms with Gasteiger partial charge in [0.1, 0.15) is 0 Å². The van der Waals surface area contributed by atoms with Crippen molar-refractivity contribution in [1.29, 1.82) is 0 Å². The molecule has 0 spiro atoms. The van der Waals surface area contributed by atoms with Gasteiger partial charge in [0, 0.05) is 46.5 Å². The van der Waals surface area contributed by atoms with Crippen molar-refractivity contribution in [1.82, 2.24) is 15.5 Å². The van der Waals surface area contributed by atoms with Crippen molar-refractivity contribution in [3.63, 3.8) is 0 Å². The summed E-state index contributed by atoms with van der Waals surface area (Å²) in [4.78, 5) is 33.4. The topological polar surface area (TPSA) is 77.0 Å². The molecule has 2 N–H and O–H groups in total. The first kappa shape index (κ1) is 21.4. The number of rotatable bonds is 7. The summed E-state index contributed by atoms with van der Waals surface area (Å²) in [6.07, 6.45) is 5.94. The largest absolute Gasteiger partial charge is 0.378 e. The van der Waals surface area contributed by atoms with Gasteiger partial charge in [-0.2, -0.15) is 0 Å². The number of amides is 2. The number of carbonyl (C=O) groups is 2. The summed E-state index contributed by atoms with van der Waals surface area (Å²) in [5, 5.41) is 6.63. The molecule has 166 valence electrons. The molecule has 2 aliphatic carbocycles. The summed E-state index contributed by atoms with van der Waals surface area (Å²) in [5.74, 6) is 1.12. The highest BCUT2D eigenvalue weighted by Gasteiger charge is 2.58. The molecule has 1 saturated heterocycles. The number of nitrogens with zero attached hydrogens (tertiary/aromatic N) is 3. The molecule has 0 aromatic heterocycles.